The van der Waals surface area contributed by atoms with Gasteiger partial charge in [-0.2, -0.15) is 0 Å². The maximum atomic E-state index is 5.97. The molecule has 0 spiro atoms. The lowest BCUT2D eigenvalue weighted by Crippen LogP contribution is -1.95. The molecule has 0 unspecified atom stereocenters. The molecule has 0 aliphatic heterocycles. The molecule has 4 heteroatoms. The van der Waals surface area contributed by atoms with Crippen molar-refractivity contribution in [2.24, 2.45) is 0 Å². The number of rotatable bonds is 3. The van der Waals surface area contributed by atoms with Crippen LogP contribution in [-0.4, -0.2) is 7.11 Å². The van der Waals surface area contributed by atoms with E-state index in [0.717, 1.165) is 21.6 Å². The zero-order valence-electron chi connectivity index (χ0n) is 9.21. The lowest BCUT2D eigenvalue weighted by Gasteiger charge is -2.12. The standard InChI is InChI=1S/C13H11BrClNO/c1-17-13-7-6-9(15)8-12(13)16-11-5-3-2-4-10(11)14/h2-8,16H,1H3. The third-order valence-electron chi connectivity index (χ3n) is 2.30. The zero-order valence-corrected chi connectivity index (χ0v) is 11.5. The van der Waals surface area contributed by atoms with Crippen LogP contribution in [0.4, 0.5) is 11.4 Å². The zero-order chi connectivity index (χ0) is 12.3. The number of hydrogen-bond acceptors (Lipinski definition) is 2. The van der Waals surface area contributed by atoms with Crippen molar-refractivity contribution in [1.82, 2.24) is 0 Å². The monoisotopic (exact) mass is 311 g/mol. The van der Waals surface area contributed by atoms with Crippen LogP contribution in [0.2, 0.25) is 5.02 Å². The Labute approximate surface area is 114 Å². The SMILES string of the molecule is COc1ccc(Cl)cc1Nc1ccccc1Br. The number of anilines is 2. The van der Waals surface area contributed by atoms with E-state index in [1.807, 2.05) is 36.4 Å². The fourth-order valence-electron chi connectivity index (χ4n) is 1.49. The van der Waals surface area contributed by atoms with Crippen LogP contribution in [-0.2, 0) is 0 Å². The van der Waals surface area contributed by atoms with Gasteiger partial charge in [-0.15, -0.1) is 0 Å². The normalized spacial score (nSPS) is 10.1. The Balaban J connectivity index is 2.35. The molecule has 1 N–H and O–H groups in total. The molecule has 0 bridgehead atoms. The lowest BCUT2D eigenvalue weighted by atomic mass is 10.2. The molecule has 2 aromatic carbocycles. The molecule has 0 amide bonds. The summed E-state index contributed by atoms with van der Waals surface area (Å²) < 4.78 is 6.26. The summed E-state index contributed by atoms with van der Waals surface area (Å²) in [5.41, 5.74) is 1.81. The van der Waals surface area contributed by atoms with Crippen molar-refractivity contribution in [3.05, 3.63) is 52.0 Å². The summed E-state index contributed by atoms with van der Waals surface area (Å²) in [4.78, 5) is 0. The van der Waals surface area contributed by atoms with Crippen molar-refractivity contribution in [3.8, 4) is 5.75 Å². The smallest absolute Gasteiger partial charge is 0.142 e. The predicted molar refractivity (Wildman–Crippen MR) is 75.4 cm³/mol. The summed E-state index contributed by atoms with van der Waals surface area (Å²) in [6.45, 7) is 0. The highest BCUT2D eigenvalue weighted by Crippen LogP contribution is 2.32. The second-order valence-electron chi connectivity index (χ2n) is 3.45. The average Bonchev–Trinajstić information content (AvgIpc) is 2.32. The first-order chi connectivity index (χ1) is 8.20. The van der Waals surface area contributed by atoms with Crippen LogP contribution in [0.1, 0.15) is 0 Å². The molecular formula is C13H11BrClNO. The van der Waals surface area contributed by atoms with Crippen molar-refractivity contribution in [1.29, 1.82) is 0 Å². The summed E-state index contributed by atoms with van der Waals surface area (Å²) in [7, 11) is 1.63. The molecule has 0 aromatic heterocycles. The van der Waals surface area contributed by atoms with Gasteiger partial charge < -0.3 is 10.1 Å². The van der Waals surface area contributed by atoms with Crippen LogP contribution >= 0.6 is 27.5 Å². The van der Waals surface area contributed by atoms with E-state index in [-0.39, 0.29) is 0 Å². The van der Waals surface area contributed by atoms with Gasteiger partial charge in [0.1, 0.15) is 5.75 Å². The fourth-order valence-corrected chi connectivity index (χ4v) is 2.04. The van der Waals surface area contributed by atoms with Crippen molar-refractivity contribution < 1.29 is 4.74 Å². The van der Waals surface area contributed by atoms with Gasteiger partial charge in [0.15, 0.2) is 0 Å². The van der Waals surface area contributed by atoms with Gasteiger partial charge in [-0.25, -0.2) is 0 Å². The number of benzene rings is 2. The Morgan fingerprint density at radius 2 is 1.88 bits per heavy atom. The summed E-state index contributed by atoms with van der Waals surface area (Å²) in [6, 6.07) is 13.3. The fraction of sp³-hybridized carbons (Fsp3) is 0.0769. The molecule has 2 rings (SSSR count). The van der Waals surface area contributed by atoms with Gasteiger partial charge in [0, 0.05) is 9.50 Å². The molecule has 0 aliphatic carbocycles. The second-order valence-corrected chi connectivity index (χ2v) is 4.74. The first-order valence-electron chi connectivity index (χ1n) is 5.06. The Kier molecular flexibility index (Phi) is 3.92. The highest BCUT2D eigenvalue weighted by Gasteiger charge is 2.05. The van der Waals surface area contributed by atoms with Gasteiger partial charge in [-0.05, 0) is 46.3 Å². The highest BCUT2D eigenvalue weighted by molar-refractivity contribution is 9.10. The second kappa shape index (κ2) is 5.43. The van der Waals surface area contributed by atoms with E-state index in [1.54, 1.807) is 13.2 Å². The Morgan fingerprint density at radius 1 is 1.12 bits per heavy atom. The van der Waals surface area contributed by atoms with E-state index in [2.05, 4.69) is 21.2 Å². The van der Waals surface area contributed by atoms with Gasteiger partial charge in [-0.1, -0.05) is 23.7 Å². The molecule has 0 atom stereocenters. The van der Waals surface area contributed by atoms with Crippen LogP contribution < -0.4 is 10.1 Å². The molecule has 0 saturated carbocycles. The van der Waals surface area contributed by atoms with E-state index in [9.17, 15) is 0 Å². The number of halogens is 2. The number of methoxy groups -OCH3 is 1. The van der Waals surface area contributed by atoms with E-state index in [4.69, 9.17) is 16.3 Å². The molecule has 2 nitrogen and oxygen atoms in total. The molecule has 0 heterocycles. The minimum Gasteiger partial charge on any atom is -0.495 e. The Morgan fingerprint density at radius 3 is 2.59 bits per heavy atom. The van der Waals surface area contributed by atoms with Gasteiger partial charge >= 0.3 is 0 Å². The van der Waals surface area contributed by atoms with Gasteiger partial charge in [-0.3, -0.25) is 0 Å². The Bertz CT molecular complexity index is 531. The molecule has 0 fully saturated rings. The van der Waals surface area contributed by atoms with Crippen LogP contribution in [0.15, 0.2) is 46.9 Å². The molecule has 17 heavy (non-hydrogen) atoms. The van der Waals surface area contributed by atoms with Gasteiger partial charge in [0.05, 0.1) is 18.5 Å². The average molecular weight is 313 g/mol. The van der Waals surface area contributed by atoms with Gasteiger partial charge in [0.25, 0.3) is 0 Å². The summed E-state index contributed by atoms with van der Waals surface area (Å²) >= 11 is 9.45. The molecule has 0 saturated heterocycles. The first kappa shape index (κ1) is 12.3. The maximum Gasteiger partial charge on any atom is 0.142 e. The Hall–Kier alpha value is -1.19. The van der Waals surface area contributed by atoms with Crippen LogP contribution in [0.25, 0.3) is 0 Å². The van der Waals surface area contributed by atoms with Crippen molar-refractivity contribution in [2.45, 2.75) is 0 Å². The minimum atomic E-state index is 0.667. The number of nitrogens with one attached hydrogen (secondary N) is 1. The van der Waals surface area contributed by atoms with E-state index >= 15 is 0 Å². The first-order valence-corrected chi connectivity index (χ1v) is 6.23. The third-order valence-corrected chi connectivity index (χ3v) is 3.23. The number of hydrogen-bond donors (Lipinski definition) is 1. The van der Waals surface area contributed by atoms with Crippen LogP contribution in [0.3, 0.4) is 0 Å². The third kappa shape index (κ3) is 2.93. The van der Waals surface area contributed by atoms with Crippen LogP contribution in [0.5, 0.6) is 5.75 Å². The predicted octanol–water partition coefficient (Wildman–Crippen LogP) is 4.85. The number of para-hydroxylation sites is 1. The largest absolute Gasteiger partial charge is 0.495 e. The van der Waals surface area contributed by atoms with E-state index in [0.29, 0.717) is 5.02 Å². The quantitative estimate of drug-likeness (QED) is 0.874. The number of ether oxygens (including phenoxy) is 1. The summed E-state index contributed by atoms with van der Waals surface area (Å²) in [5, 5.41) is 3.94. The molecule has 2 aromatic rings. The van der Waals surface area contributed by atoms with Crippen LogP contribution in [0, 0.1) is 0 Å². The maximum absolute atomic E-state index is 5.97. The molecule has 88 valence electrons. The molecular weight excluding hydrogens is 302 g/mol. The molecule has 0 aliphatic rings. The lowest BCUT2D eigenvalue weighted by molar-refractivity contribution is 0.417. The topological polar surface area (TPSA) is 21.3 Å². The van der Waals surface area contributed by atoms with E-state index < -0.39 is 0 Å². The van der Waals surface area contributed by atoms with E-state index in [1.165, 1.54) is 0 Å². The summed E-state index contributed by atoms with van der Waals surface area (Å²) in [5.74, 6) is 0.755. The van der Waals surface area contributed by atoms with Gasteiger partial charge in [0.2, 0.25) is 0 Å². The van der Waals surface area contributed by atoms with Crippen molar-refractivity contribution in [3.63, 3.8) is 0 Å². The minimum absolute atomic E-state index is 0.667. The van der Waals surface area contributed by atoms with Crippen molar-refractivity contribution >= 4 is 38.9 Å². The summed E-state index contributed by atoms with van der Waals surface area (Å²) in [6.07, 6.45) is 0. The molecule has 0 radical (unpaired) electrons. The van der Waals surface area contributed by atoms with Crippen molar-refractivity contribution in [2.75, 3.05) is 12.4 Å². The highest BCUT2D eigenvalue weighted by atomic mass is 79.9.